The van der Waals surface area contributed by atoms with E-state index < -0.39 is 0 Å². The van der Waals surface area contributed by atoms with Crippen molar-refractivity contribution < 1.29 is 14.3 Å². The number of hydrogen-bond acceptors (Lipinski definition) is 4. The molecule has 1 amide bonds. The molecule has 0 aliphatic heterocycles. The van der Waals surface area contributed by atoms with Gasteiger partial charge in [0, 0.05) is 22.9 Å². The third-order valence-electron chi connectivity index (χ3n) is 6.49. The predicted octanol–water partition coefficient (Wildman–Crippen LogP) is 4.49. The molecule has 2 aliphatic carbocycles. The van der Waals surface area contributed by atoms with Gasteiger partial charge in [-0.15, -0.1) is 0 Å². The molecule has 5 rings (SSSR count). The van der Waals surface area contributed by atoms with Gasteiger partial charge >= 0.3 is 0 Å². The molecule has 0 radical (unpaired) electrons. The average molecular weight is 432 g/mol. The van der Waals surface area contributed by atoms with Crippen LogP contribution < -0.4 is 9.47 Å². The summed E-state index contributed by atoms with van der Waals surface area (Å²) in [6.07, 6.45) is 4.98. The highest BCUT2D eigenvalue weighted by molar-refractivity contribution is 5.94. The van der Waals surface area contributed by atoms with E-state index in [1.165, 1.54) is 11.3 Å². The number of aryl methyl sites for hydroxylation is 1. The Hall–Kier alpha value is -3.28. The lowest BCUT2D eigenvalue weighted by Crippen LogP contribution is -2.33. The number of methoxy groups -OCH3 is 2. The van der Waals surface area contributed by atoms with E-state index in [-0.39, 0.29) is 11.9 Å². The quantitative estimate of drug-likeness (QED) is 0.553. The van der Waals surface area contributed by atoms with E-state index in [2.05, 4.69) is 31.2 Å². The smallest absolute Gasteiger partial charge is 0.275 e. The molecular weight excluding hydrogens is 402 g/mol. The van der Waals surface area contributed by atoms with Gasteiger partial charge in [-0.3, -0.25) is 4.79 Å². The molecular formula is C26H29N3O3. The number of carbonyl (C=O) groups is 1. The second kappa shape index (κ2) is 8.34. The summed E-state index contributed by atoms with van der Waals surface area (Å²) in [6, 6.07) is 14.3. The summed E-state index contributed by atoms with van der Waals surface area (Å²) in [6.45, 7) is 2.56. The van der Waals surface area contributed by atoms with Crippen LogP contribution in [0.4, 0.5) is 0 Å². The zero-order valence-electron chi connectivity index (χ0n) is 18.9. The van der Waals surface area contributed by atoms with Crippen molar-refractivity contribution in [2.24, 2.45) is 0 Å². The SMILES string of the molecule is COc1ccc(OC)c(CN(C(=O)c2nn(-c3ccc(C)cc3)c3c2CCC3)C2CC2)c1. The monoisotopic (exact) mass is 431 g/mol. The van der Waals surface area contributed by atoms with Gasteiger partial charge in [0.25, 0.3) is 5.91 Å². The summed E-state index contributed by atoms with van der Waals surface area (Å²) in [5.41, 5.74) is 6.06. The first-order valence-corrected chi connectivity index (χ1v) is 11.3. The molecule has 1 fully saturated rings. The number of carbonyl (C=O) groups excluding carboxylic acids is 1. The fraction of sp³-hybridized carbons (Fsp3) is 0.385. The normalized spacial score (nSPS) is 14.8. The number of fused-ring (bicyclic) bond motifs is 1. The molecule has 0 unspecified atom stereocenters. The number of benzene rings is 2. The summed E-state index contributed by atoms with van der Waals surface area (Å²) < 4.78 is 12.9. The lowest BCUT2D eigenvalue weighted by Gasteiger charge is -2.23. The highest BCUT2D eigenvalue weighted by Crippen LogP contribution is 2.35. The van der Waals surface area contributed by atoms with Gasteiger partial charge in [0.2, 0.25) is 0 Å². The maximum atomic E-state index is 13.8. The van der Waals surface area contributed by atoms with Crippen molar-refractivity contribution in [3.05, 3.63) is 70.5 Å². The summed E-state index contributed by atoms with van der Waals surface area (Å²) in [5, 5.41) is 4.85. The van der Waals surface area contributed by atoms with Crippen LogP contribution in [0.2, 0.25) is 0 Å². The molecule has 1 heterocycles. The number of amides is 1. The van der Waals surface area contributed by atoms with Crippen LogP contribution in [0.3, 0.4) is 0 Å². The van der Waals surface area contributed by atoms with Crippen LogP contribution in [0, 0.1) is 6.92 Å². The number of rotatable bonds is 7. The molecule has 1 aromatic heterocycles. The topological polar surface area (TPSA) is 56.6 Å². The van der Waals surface area contributed by atoms with Gasteiger partial charge in [0.15, 0.2) is 5.69 Å². The molecule has 1 saturated carbocycles. The molecule has 6 nitrogen and oxygen atoms in total. The first kappa shape index (κ1) is 20.6. The molecule has 32 heavy (non-hydrogen) atoms. The Morgan fingerprint density at radius 2 is 1.88 bits per heavy atom. The molecule has 0 atom stereocenters. The predicted molar refractivity (Wildman–Crippen MR) is 123 cm³/mol. The van der Waals surface area contributed by atoms with Gasteiger partial charge in [-0.1, -0.05) is 17.7 Å². The zero-order chi connectivity index (χ0) is 22.2. The molecule has 166 valence electrons. The Balaban J connectivity index is 1.50. The second-order valence-electron chi connectivity index (χ2n) is 8.72. The van der Waals surface area contributed by atoms with Gasteiger partial charge in [-0.05, 0) is 69.4 Å². The number of aromatic nitrogens is 2. The third kappa shape index (κ3) is 3.74. The Bertz CT molecular complexity index is 1150. The van der Waals surface area contributed by atoms with Gasteiger partial charge in [0.1, 0.15) is 11.5 Å². The van der Waals surface area contributed by atoms with Gasteiger partial charge in [0.05, 0.1) is 26.5 Å². The Morgan fingerprint density at radius 3 is 2.56 bits per heavy atom. The fourth-order valence-electron chi connectivity index (χ4n) is 4.59. The van der Waals surface area contributed by atoms with E-state index in [1.807, 2.05) is 27.8 Å². The summed E-state index contributed by atoms with van der Waals surface area (Å²) >= 11 is 0. The minimum absolute atomic E-state index is 0.0152. The van der Waals surface area contributed by atoms with Crippen LogP contribution in [0.5, 0.6) is 11.5 Å². The van der Waals surface area contributed by atoms with Crippen molar-refractivity contribution in [3.8, 4) is 17.2 Å². The van der Waals surface area contributed by atoms with Crippen molar-refractivity contribution in [1.82, 2.24) is 14.7 Å². The van der Waals surface area contributed by atoms with Crippen molar-refractivity contribution in [2.45, 2.75) is 51.6 Å². The largest absolute Gasteiger partial charge is 0.497 e. The lowest BCUT2D eigenvalue weighted by molar-refractivity contribution is 0.0721. The van der Waals surface area contributed by atoms with Gasteiger partial charge in [-0.2, -0.15) is 5.10 Å². The average Bonchev–Trinajstić information content (AvgIpc) is 3.43. The Kier molecular flexibility index (Phi) is 5.37. The van der Waals surface area contributed by atoms with Crippen LogP contribution in [0.25, 0.3) is 5.69 Å². The van der Waals surface area contributed by atoms with E-state index in [9.17, 15) is 4.79 Å². The van der Waals surface area contributed by atoms with E-state index in [4.69, 9.17) is 14.6 Å². The molecule has 0 bridgehead atoms. The van der Waals surface area contributed by atoms with Crippen molar-refractivity contribution in [2.75, 3.05) is 14.2 Å². The van der Waals surface area contributed by atoms with E-state index in [1.54, 1.807) is 14.2 Å². The van der Waals surface area contributed by atoms with Crippen LogP contribution in [0.15, 0.2) is 42.5 Å². The van der Waals surface area contributed by atoms with E-state index in [0.29, 0.717) is 12.2 Å². The summed E-state index contributed by atoms with van der Waals surface area (Å²) in [5.74, 6) is 1.54. The standard InChI is InChI=1S/C26H29N3O3/c1-17-7-9-20(10-8-17)29-23-6-4-5-22(23)25(27-29)26(30)28(19-11-12-19)16-18-15-21(31-2)13-14-24(18)32-3/h7-10,13-15,19H,4-6,11-12,16H2,1-3H3. The van der Waals surface area contributed by atoms with Crippen molar-refractivity contribution in [3.63, 3.8) is 0 Å². The molecule has 3 aromatic rings. The molecule has 2 aromatic carbocycles. The van der Waals surface area contributed by atoms with Gasteiger partial charge in [-0.25, -0.2) is 4.68 Å². The van der Waals surface area contributed by atoms with Crippen LogP contribution in [0.1, 0.15) is 52.1 Å². The van der Waals surface area contributed by atoms with Gasteiger partial charge < -0.3 is 14.4 Å². The number of hydrogen-bond donors (Lipinski definition) is 0. The number of ether oxygens (including phenoxy) is 2. The van der Waals surface area contributed by atoms with Crippen LogP contribution in [-0.4, -0.2) is 40.8 Å². The molecule has 2 aliphatic rings. The lowest BCUT2D eigenvalue weighted by atomic mass is 10.1. The maximum absolute atomic E-state index is 13.8. The summed E-state index contributed by atoms with van der Waals surface area (Å²) in [4.78, 5) is 15.8. The van der Waals surface area contributed by atoms with Crippen LogP contribution in [-0.2, 0) is 19.4 Å². The minimum atomic E-state index is 0.0152. The molecule has 0 saturated heterocycles. The Morgan fingerprint density at radius 1 is 1.09 bits per heavy atom. The molecule has 6 heteroatoms. The highest BCUT2D eigenvalue weighted by atomic mass is 16.5. The molecule has 0 N–H and O–H groups in total. The highest BCUT2D eigenvalue weighted by Gasteiger charge is 2.37. The minimum Gasteiger partial charge on any atom is -0.497 e. The number of nitrogens with zero attached hydrogens (tertiary/aromatic N) is 3. The fourth-order valence-corrected chi connectivity index (χ4v) is 4.59. The first-order valence-electron chi connectivity index (χ1n) is 11.3. The van der Waals surface area contributed by atoms with Crippen molar-refractivity contribution >= 4 is 5.91 Å². The third-order valence-corrected chi connectivity index (χ3v) is 6.49. The van der Waals surface area contributed by atoms with E-state index >= 15 is 0 Å². The first-order chi connectivity index (χ1) is 15.6. The van der Waals surface area contributed by atoms with E-state index in [0.717, 1.165) is 60.4 Å². The maximum Gasteiger partial charge on any atom is 0.275 e. The zero-order valence-corrected chi connectivity index (χ0v) is 18.9. The summed E-state index contributed by atoms with van der Waals surface area (Å²) in [7, 11) is 3.31. The molecule has 0 spiro atoms. The Labute approximate surface area is 188 Å². The second-order valence-corrected chi connectivity index (χ2v) is 8.72. The van der Waals surface area contributed by atoms with Crippen LogP contribution >= 0.6 is 0 Å². The van der Waals surface area contributed by atoms with Crippen molar-refractivity contribution in [1.29, 1.82) is 0 Å².